The lowest BCUT2D eigenvalue weighted by Gasteiger charge is -2.22. The molecule has 0 bridgehead atoms. The third kappa shape index (κ3) is 4.20. The Morgan fingerprint density at radius 3 is 2.89 bits per heavy atom. The molecule has 3 heterocycles. The Bertz CT molecular complexity index is 975. The molecular weight excluding hydrogens is 417 g/mol. The molecule has 0 aliphatic carbocycles. The maximum absolute atomic E-state index is 13.1. The molecule has 0 radical (unpaired) electrons. The molecule has 1 amide bonds. The number of nitrogens with zero attached hydrogens (tertiary/aromatic N) is 3. The number of benzene rings is 1. The largest absolute Gasteiger partial charge is 0.376 e. The first kappa shape index (κ1) is 19.3. The SMILES string of the molecule is O=C(c1ccccn1)N(CC1CCCO1)c1nc(-c2ccc(Cl)cc2Cl)cs1. The summed E-state index contributed by atoms with van der Waals surface area (Å²) in [5.41, 5.74) is 1.85. The summed E-state index contributed by atoms with van der Waals surface area (Å²) in [5, 5.41) is 3.56. The van der Waals surface area contributed by atoms with Gasteiger partial charge in [-0.15, -0.1) is 11.3 Å². The van der Waals surface area contributed by atoms with Gasteiger partial charge >= 0.3 is 0 Å². The molecule has 144 valence electrons. The van der Waals surface area contributed by atoms with Gasteiger partial charge in [0.15, 0.2) is 5.13 Å². The number of rotatable bonds is 5. The zero-order valence-electron chi connectivity index (χ0n) is 14.8. The van der Waals surface area contributed by atoms with Crippen molar-refractivity contribution in [1.29, 1.82) is 0 Å². The van der Waals surface area contributed by atoms with Crippen molar-refractivity contribution < 1.29 is 9.53 Å². The summed E-state index contributed by atoms with van der Waals surface area (Å²) in [6, 6.07) is 10.6. The molecule has 1 aromatic carbocycles. The van der Waals surface area contributed by atoms with E-state index in [1.807, 2.05) is 11.4 Å². The highest BCUT2D eigenvalue weighted by molar-refractivity contribution is 7.14. The fraction of sp³-hybridized carbons (Fsp3) is 0.250. The van der Waals surface area contributed by atoms with Crippen LogP contribution in [0.2, 0.25) is 10.0 Å². The second-order valence-corrected chi connectivity index (χ2v) is 8.09. The predicted octanol–water partition coefficient (Wildman–Crippen LogP) is 5.34. The Labute approximate surface area is 176 Å². The van der Waals surface area contributed by atoms with Gasteiger partial charge in [-0.25, -0.2) is 4.98 Å². The number of anilines is 1. The van der Waals surface area contributed by atoms with Crippen molar-refractivity contribution in [2.45, 2.75) is 18.9 Å². The third-order valence-electron chi connectivity index (χ3n) is 4.47. The van der Waals surface area contributed by atoms with Crippen LogP contribution in [0.3, 0.4) is 0 Å². The Hall–Kier alpha value is -1.99. The smallest absolute Gasteiger partial charge is 0.278 e. The van der Waals surface area contributed by atoms with E-state index in [1.165, 1.54) is 11.3 Å². The van der Waals surface area contributed by atoms with Gasteiger partial charge in [-0.3, -0.25) is 14.7 Å². The van der Waals surface area contributed by atoms with Gasteiger partial charge in [0, 0.05) is 28.8 Å². The quantitative estimate of drug-likeness (QED) is 0.544. The molecule has 2 aromatic heterocycles. The van der Waals surface area contributed by atoms with Crippen molar-refractivity contribution in [2.75, 3.05) is 18.1 Å². The molecule has 1 aliphatic rings. The highest BCUT2D eigenvalue weighted by Crippen LogP contribution is 2.34. The molecule has 8 heteroatoms. The van der Waals surface area contributed by atoms with Gasteiger partial charge in [-0.05, 0) is 43.2 Å². The lowest BCUT2D eigenvalue weighted by Crippen LogP contribution is -2.37. The molecule has 0 spiro atoms. The number of thiazole rings is 1. The van der Waals surface area contributed by atoms with Crippen molar-refractivity contribution >= 4 is 45.6 Å². The van der Waals surface area contributed by atoms with Crippen molar-refractivity contribution in [1.82, 2.24) is 9.97 Å². The summed E-state index contributed by atoms with van der Waals surface area (Å²) < 4.78 is 5.74. The summed E-state index contributed by atoms with van der Waals surface area (Å²) in [4.78, 5) is 23.6. The van der Waals surface area contributed by atoms with Gasteiger partial charge in [-0.2, -0.15) is 0 Å². The van der Waals surface area contributed by atoms with Crippen LogP contribution in [0.25, 0.3) is 11.3 Å². The molecule has 1 saturated heterocycles. The summed E-state index contributed by atoms with van der Waals surface area (Å²) in [6.45, 7) is 1.16. The molecule has 1 atom stereocenters. The standard InChI is InChI=1S/C20H17Cl2N3O2S/c21-13-6-7-15(16(22)10-13)18-12-28-20(24-18)25(11-14-4-3-9-27-14)19(26)17-5-1-2-8-23-17/h1-2,5-8,10,12,14H,3-4,9,11H2. The van der Waals surface area contributed by atoms with Crippen LogP contribution in [-0.4, -0.2) is 35.1 Å². The number of halogens is 2. The van der Waals surface area contributed by atoms with E-state index < -0.39 is 0 Å². The van der Waals surface area contributed by atoms with Crippen LogP contribution in [0.4, 0.5) is 5.13 Å². The van der Waals surface area contributed by atoms with Crippen molar-refractivity contribution in [2.24, 2.45) is 0 Å². The molecule has 1 fully saturated rings. The molecule has 1 aliphatic heterocycles. The van der Waals surface area contributed by atoms with Crippen molar-refractivity contribution in [3.63, 3.8) is 0 Å². The van der Waals surface area contributed by atoms with Crippen LogP contribution < -0.4 is 4.90 Å². The van der Waals surface area contributed by atoms with Crippen molar-refractivity contribution in [3.8, 4) is 11.3 Å². The fourth-order valence-electron chi connectivity index (χ4n) is 3.08. The Balaban J connectivity index is 1.66. The van der Waals surface area contributed by atoms with Crippen LogP contribution in [0.5, 0.6) is 0 Å². The van der Waals surface area contributed by atoms with Gasteiger partial charge in [0.25, 0.3) is 5.91 Å². The normalized spacial score (nSPS) is 16.3. The number of amides is 1. The zero-order chi connectivity index (χ0) is 19.5. The van der Waals surface area contributed by atoms with Crippen LogP contribution in [-0.2, 0) is 4.74 Å². The van der Waals surface area contributed by atoms with Gasteiger partial charge in [0.05, 0.1) is 23.4 Å². The molecule has 0 N–H and O–H groups in total. The molecule has 5 nitrogen and oxygen atoms in total. The number of hydrogen-bond donors (Lipinski definition) is 0. The highest BCUT2D eigenvalue weighted by Gasteiger charge is 2.27. The van der Waals surface area contributed by atoms with E-state index in [1.54, 1.807) is 41.4 Å². The number of carbonyl (C=O) groups excluding carboxylic acids is 1. The molecule has 1 unspecified atom stereocenters. The number of carbonyl (C=O) groups is 1. The van der Waals surface area contributed by atoms with E-state index in [0.717, 1.165) is 25.0 Å². The fourth-order valence-corrected chi connectivity index (χ4v) is 4.41. The van der Waals surface area contributed by atoms with E-state index >= 15 is 0 Å². The Morgan fingerprint density at radius 1 is 1.29 bits per heavy atom. The average molecular weight is 434 g/mol. The minimum Gasteiger partial charge on any atom is -0.376 e. The lowest BCUT2D eigenvalue weighted by molar-refractivity contribution is 0.0913. The van der Waals surface area contributed by atoms with Crippen LogP contribution >= 0.6 is 34.5 Å². The lowest BCUT2D eigenvalue weighted by atomic mass is 10.2. The number of hydrogen-bond acceptors (Lipinski definition) is 5. The maximum Gasteiger partial charge on any atom is 0.278 e. The molecule has 3 aromatic rings. The van der Waals surface area contributed by atoms with Crippen LogP contribution in [0, 0.1) is 0 Å². The second kappa shape index (κ2) is 8.57. The van der Waals surface area contributed by atoms with E-state index in [9.17, 15) is 4.79 Å². The third-order valence-corrected chi connectivity index (χ3v) is 5.88. The minimum absolute atomic E-state index is 0.000804. The van der Waals surface area contributed by atoms with Gasteiger partial charge in [0.2, 0.25) is 0 Å². The highest BCUT2D eigenvalue weighted by atomic mass is 35.5. The second-order valence-electron chi connectivity index (χ2n) is 6.41. The Kier molecular flexibility index (Phi) is 5.92. The summed E-state index contributed by atoms with van der Waals surface area (Å²) in [6.07, 6.45) is 3.53. The molecule has 0 saturated carbocycles. The summed E-state index contributed by atoms with van der Waals surface area (Å²) in [7, 11) is 0. The first-order valence-corrected chi connectivity index (χ1v) is 10.5. The monoisotopic (exact) mass is 433 g/mol. The number of aromatic nitrogens is 2. The van der Waals surface area contributed by atoms with Crippen molar-refractivity contribution in [3.05, 3.63) is 63.7 Å². The minimum atomic E-state index is -0.195. The zero-order valence-corrected chi connectivity index (χ0v) is 17.2. The molecular formula is C20H17Cl2N3O2S. The van der Waals surface area contributed by atoms with Crippen LogP contribution in [0.1, 0.15) is 23.3 Å². The summed E-state index contributed by atoms with van der Waals surface area (Å²) in [5.74, 6) is -0.195. The maximum atomic E-state index is 13.1. The molecule has 4 rings (SSSR count). The molecule has 28 heavy (non-hydrogen) atoms. The topological polar surface area (TPSA) is 55.3 Å². The van der Waals surface area contributed by atoms with Gasteiger partial charge in [-0.1, -0.05) is 29.3 Å². The van der Waals surface area contributed by atoms with E-state index in [4.69, 9.17) is 27.9 Å². The summed E-state index contributed by atoms with van der Waals surface area (Å²) >= 11 is 13.7. The van der Waals surface area contributed by atoms with E-state index in [2.05, 4.69) is 9.97 Å². The number of pyridine rings is 1. The van der Waals surface area contributed by atoms with Gasteiger partial charge in [0.1, 0.15) is 5.69 Å². The number of ether oxygens (including phenoxy) is 1. The first-order chi connectivity index (χ1) is 13.6. The van der Waals surface area contributed by atoms with E-state index in [-0.39, 0.29) is 12.0 Å². The average Bonchev–Trinajstić information content (AvgIpc) is 3.38. The van der Waals surface area contributed by atoms with Gasteiger partial charge < -0.3 is 4.74 Å². The first-order valence-electron chi connectivity index (χ1n) is 8.87. The van der Waals surface area contributed by atoms with Crippen LogP contribution in [0.15, 0.2) is 48.0 Å². The van der Waals surface area contributed by atoms with E-state index in [0.29, 0.717) is 33.1 Å². The predicted molar refractivity (Wildman–Crippen MR) is 112 cm³/mol. The Morgan fingerprint density at radius 2 is 2.18 bits per heavy atom.